The van der Waals surface area contributed by atoms with E-state index < -0.39 is 30.2 Å². The first-order valence-corrected chi connectivity index (χ1v) is 10.4. The maximum absolute atomic E-state index is 14.4. The molecule has 0 spiro atoms. The number of ether oxygens (including phenoxy) is 1. The molecule has 0 saturated carbocycles. The minimum atomic E-state index is -0.782. The third-order valence-electron chi connectivity index (χ3n) is 5.54. The maximum atomic E-state index is 14.4. The Bertz CT molecular complexity index is 929. The number of rotatable bonds is 6. The number of hydrogen-bond donors (Lipinski definition) is 1. The predicted octanol–water partition coefficient (Wildman–Crippen LogP) is 5.42. The van der Waals surface area contributed by atoms with Crippen molar-refractivity contribution in [1.29, 1.82) is 0 Å². The topological polar surface area (TPSA) is 56.8 Å². The summed E-state index contributed by atoms with van der Waals surface area (Å²) < 4.78 is 31.8. The second-order valence-corrected chi connectivity index (χ2v) is 8.77. The zero-order valence-corrected chi connectivity index (χ0v) is 18.8. The van der Waals surface area contributed by atoms with Crippen LogP contribution in [-0.2, 0) is 20.7 Å². The number of carbonyl (C=O) groups excluding carboxylic acids is 1. The van der Waals surface area contributed by atoms with Gasteiger partial charge in [0.25, 0.3) is 0 Å². The van der Waals surface area contributed by atoms with E-state index in [0.29, 0.717) is 5.47 Å². The lowest BCUT2D eigenvalue weighted by molar-refractivity contribution is 0.00578. The first-order valence-electron chi connectivity index (χ1n) is 10.0. The Kier molecular flexibility index (Phi) is 7.09. The molecule has 31 heavy (non-hydrogen) atoms. The number of carbonyl (C=O) groups is 1. The van der Waals surface area contributed by atoms with E-state index in [1.54, 1.807) is 12.1 Å². The fourth-order valence-corrected chi connectivity index (χ4v) is 3.20. The van der Waals surface area contributed by atoms with Crippen LogP contribution in [0, 0.1) is 5.82 Å². The van der Waals surface area contributed by atoms with Gasteiger partial charge in [-0.3, -0.25) is 0 Å². The molecule has 2 aromatic carbocycles. The summed E-state index contributed by atoms with van der Waals surface area (Å²) in [7, 11) is -0.782. The molecule has 1 saturated heterocycles. The Morgan fingerprint density at radius 2 is 1.74 bits per heavy atom. The summed E-state index contributed by atoms with van der Waals surface area (Å²) in [5, 5.41) is 2.94. The Morgan fingerprint density at radius 1 is 1.10 bits per heavy atom. The van der Waals surface area contributed by atoms with Crippen LogP contribution in [0.2, 0.25) is 5.02 Å². The van der Waals surface area contributed by atoms with E-state index in [0.717, 1.165) is 5.56 Å². The summed E-state index contributed by atoms with van der Waals surface area (Å²) in [6.45, 7) is 7.85. The molecule has 2 aromatic rings. The zero-order valence-electron chi connectivity index (χ0n) is 18.1. The van der Waals surface area contributed by atoms with Crippen LogP contribution < -0.4 is 5.32 Å². The second kappa shape index (κ2) is 9.43. The Morgan fingerprint density at radius 3 is 2.35 bits per heavy atom. The maximum Gasteiger partial charge on any atom is 0.492 e. The molecule has 1 amide bonds. The van der Waals surface area contributed by atoms with Crippen molar-refractivity contribution in [2.45, 2.75) is 45.5 Å². The van der Waals surface area contributed by atoms with Gasteiger partial charge < -0.3 is 19.4 Å². The van der Waals surface area contributed by atoms with Crippen molar-refractivity contribution in [3.05, 3.63) is 76.0 Å². The van der Waals surface area contributed by atoms with Crippen molar-refractivity contribution >= 4 is 30.9 Å². The van der Waals surface area contributed by atoms with Crippen LogP contribution in [0.5, 0.6) is 0 Å². The summed E-state index contributed by atoms with van der Waals surface area (Å²) in [4.78, 5) is 12.2. The van der Waals surface area contributed by atoms with Gasteiger partial charge in [0.2, 0.25) is 0 Å². The lowest BCUT2D eigenvalue weighted by Gasteiger charge is -2.32. The minimum Gasteiger partial charge on any atom is -0.445 e. The fourth-order valence-electron chi connectivity index (χ4n) is 2.98. The van der Waals surface area contributed by atoms with E-state index in [9.17, 15) is 9.18 Å². The van der Waals surface area contributed by atoms with E-state index in [1.165, 1.54) is 12.1 Å². The highest BCUT2D eigenvalue weighted by molar-refractivity contribution is 6.56. The molecular weight excluding hydrogens is 420 g/mol. The summed E-state index contributed by atoms with van der Waals surface area (Å²) >= 11 is 6.19. The Balaban J connectivity index is 1.77. The van der Waals surface area contributed by atoms with E-state index in [1.807, 2.05) is 58.0 Å². The first kappa shape index (κ1) is 23.3. The largest absolute Gasteiger partial charge is 0.492 e. The molecule has 8 heteroatoms. The molecule has 1 heterocycles. The van der Waals surface area contributed by atoms with Crippen LogP contribution in [0.15, 0.2) is 54.0 Å². The molecule has 0 atom stereocenters. The number of nitrogens with one attached hydrogen (secondary N) is 1. The molecule has 0 aliphatic carbocycles. The number of halogens is 2. The van der Waals surface area contributed by atoms with Gasteiger partial charge in [-0.1, -0.05) is 54.1 Å². The van der Waals surface area contributed by atoms with Crippen LogP contribution in [0.1, 0.15) is 38.8 Å². The lowest BCUT2D eigenvalue weighted by atomic mass is 9.77. The van der Waals surface area contributed by atoms with Gasteiger partial charge in [-0.25, -0.2) is 9.18 Å². The van der Waals surface area contributed by atoms with Crippen molar-refractivity contribution in [1.82, 2.24) is 5.32 Å². The number of amides is 1. The van der Waals surface area contributed by atoms with E-state index in [2.05, 4.69) is 5.32 Å². The molecule has 1 aliphatic rings. The molecule has 0 bridgehead atoms. The minimum absolute atomic E-state index is 0.0368. The smallest absolute Gasteiger partial charge is 0.445 e. The summed E-state index contributed by atoms with van der Waals surface area (Å²) in [5.74, 6) is -0.479. The van der Waals surface area contributed by atoms with Gasteiger partial charge >= 0.3 is 13.2 Å². The van der Waals surface area contributed by atoms with Gasteiger partial charge in [0.15, 0.2) is 0 Å². The van der Waals surface area contributed by atoms with E-state index in [4.69, 9.17) is 25.6 Å². The highest BCUT2D eigenvalue weighted by Crippen LogP contribution is 2.39. The molecule has 1 aliphatic heterocycles. The van der Waals surface area contributed by atoms with Crippen molar-refractivity contribution in [2.24, 2.45) is 0 Å². The van der Waals surface area contributed by atoms with Crippen molar-refractivity contribution in [2.75, 3.05) is 6.54 Å². The zero-order chi connectivity index (χ0) is 22.6. The highest BCUT2D eigenvalue weighted by atomic mass is 35.5. The van der Waals surface area contributed by atoms with Gasteiger partial charge in [-0.15, -0.1) is 0 Å². The molecule has 3 rings (SSSR count). The third-order valence-corrected chi connectivity index (χ3v) is 5.86. The van der Waals surface area contributed by atoms with Crippen LogP contribution >= 0.6 is 11.6 Å². The van der Waals surface area contributed by atoms with Crippen LogP contribution in [0.3, 0.4) is 0 Å². The Hall–Kier alpha value is -2.35. The van der Waals surface area contributed by atoms with Crippen molar-refractivity contribution < 1.29 is 23.2 Å². The number of alkyl carbamates (subject to hydrolysis) is 1. The molecular formula is C23H26BClFNO4. The van der Waals surface area contributed by atoms with Crippen LogP contribution in [0.25, 0.3) is 6.08 Å². The lowest BCUT2D eigenvalue weighted by Crippen LogP contribution is -2.41. The van der Waals surface area contributed by atoms with Crippen molar-refractivity contribution in [3.63, 3.8) is 0 Å². The van der Waals surface area contributed by atoms with Crippen LogP contribution in [0.4, 0.5) is 9.18 Å². The molecule has 0 radical (unpaired) electrons. The van der Waals surface area contributed by atoms with Gasteiger partial charge in [-0.05, 0) is 50.9 Å². The molecule has 1 fully saturated rings. The standard InChI is InChI=1S/C23H26BClFNO4/c1-22(2)23(3,4)31-24(30-22)17(13-18-19(25)11-8-12-20(18)26)14-27-21(28)29-15-16-9-6-5-7-10-16/h5-13H,14-15H2,1-4H3,(H,27,28). The van der Waals surface area contributed by atoms with Gasteiger partial charge in [-0.2, -0.15) is 0 Å². The highest BCUT2D eigenvalue weighted by Gasteiger charge is 2.52. The van der Waals surface area contributed by atoms with Crippen LogP contribution in [-0.4, -0.2) is 31.0 Å². The summed E-state index contributed by atoms with van der Waals surface area (Å²) in [6.07, 6.45) is 0.947. The fraction of sp³-hybridized carbons (Fsp3) is 0.348. The number of benzene rings is 2. The quantitative estimate of drug-likeness (QED) is 0.603. The molecule has 1 N–H and O–H groups in total. The average Bonchev–Trinajstić information content (AvgIpc) is 2.93. The number of hydrogen-bond acceptors (Lipinski definition) is 4. The SMILES string of the molecule is CC1(C)OB(C(=Cc2c(F)cccc2Cl)CNC(=O)OCc2ccccc2)OC1(C)C. The monoisotopic (exact) mass is 445 g/mol. The second-order valence-electron chi connectivity index (χ2n) is 8.36. The predicted molar refractivity (Wildman–Crippen MR) is 120 cm³/mol. The Labute approximate surface area is 187 Å². The summed E-state index contributed by atoms with van der Waals surface area (Å²) in [6, 6.07) is 13.8. The van der Waals surface area contributed by atoms with Crippen molar-refractivity contribution in [3.8, 4) is 0 Å². The van der Waals surface area contributed by atoms with Gasteiger partial charge in [0, 0.05) is 12.1 Å². The molecule has 164 valence electrons. The van der Waals surface area contributed by atoms with Gasteiger partial charge in [0.1, 0.15) is 12.4 Å². The molecule has 0 aromatic heterocycles. The van der Waals surface area contributed by atoms with E-state index >= 15 is 0 Å². The normalized spacial score (nSPS) is 17.5. The first-order chi connectivity index (χ1) is 14.6. The molecule has 0 unspecified atom stereocenters. The van der Waals surface area contributed by atoms with Gasteiger partial charge in [0.05, 0.1) is 16.2 Å². The van der Waals surface area contributed by atoms with E-state index in [-0.39, 0.29) is 23.7 Å². The summed E-state index contributed by atoms with van der Waals surface area (Å²) in [5.41, 5.74) is 0.404. The molecule has 5 nitrogen and oxygen atoms in total. The third kappa shape index (κ3) is 5.67. The average molecular weight is 446 g/mol.